The van der Waals surface area contributed by atoms with Crippen LogP contribution in [0.25, 0.3) is 0 Å². The number of piperidine rings is 1. The number of hydrogen-bond donors (Lipinski definition) is 0. The van der Waals surface area contributed by atoms with E-state index >= 15 is 0 Å². The SMILES string of the molecule is COc1ccccc1CCC(=O)N1CCCN(S(=O)(=O)N2CCCCC2)CC1. The average molecular weight is 410 g/mol. The first kappa shape index (κ1) is 21.1. The largest absolute Gasteiger partial charge is 0.496 e. The number of nitrogens with zero attached hydrogens (tertiary/aromatic N) is 3. The summed E-state index contributed by atoms with van der Waals surface area (Å²) < 4.78 is 34.3. The molecule has 156 valence electrons. The van der Waals surface area contributed by atoms with Gasteiger partial charge in [-0.15, -0.1) is 0 Å². The quantitative estimate of drug-likeness (QED) is 0.720. The number of methoxy groups -OCH3 is 1. The number of para-hydroxylation sites is 1. The maximum Gasteiger partial charge on any atom is 0.282 e. The van der Waals surface area contributed by atoms with Crippen LogP contribution in [0, 0.1) is 0 Å². The van der Waals surface area contributed by atoms with E-state index in [2.05, 4.69) is 0 Å². The number of carbonyl (C=O) groups is 1. The first-order chi connectivity index (χ1) is 13.5. The molecule has 0 N–H and O–H groups in total. The van der Waals surface area contributed by atoms with Crippen molar-refractivity contribution in [3.63, 3.8) is 0 Å². The Balaban J connectivity index is 1.55. The highest BCUT2D eigenvalue weighted by Gasteiger charge is 2.32. The van der Waals surface area contributed by atoms with E-state index in [1.54, 1.807) is 20.6 Å². The van der Waals surface area contributed by atoms with Gasteiger partial charge < -0.3 is 9.64 Å². The van der Waals surface area contributed by atoms with Crippen molar-refractivity contribution in [3.05, 3.63) is 29.8 Å². The van der Waals surface area contributed by atoms with Gasteiger partial charge in [0.2, 0.25) is 5.91 Å². The van der Waals surface area contributed by atoms with Crippen LogP contribution in [0.5, 0.6) is 5.75 Å². The average Bonchev–Trinajstić information content (AvgIpc) is 3.00. The van der Waals surface area contributed by atoms with E-state index in [4.69, 9.17) is 4.74 Å². The molecule has 28 heavy (non-hydrogen) atoms. The van der Waals surface area contributed by atoms with E-state index in [0.717, 1.165) is 30.6 Å². The summed E-state index contributed by atoms with van der Waals surface area (Å²) in [6.45, 7) is 3.14. The fourth-order valence-corrected chi connectivity index (χ4v) is 5.66. The molecular formula is C20H31N3O4S. The van der Waals surface area contributed by atoms with Crippen LogP contribution in [-0.4, -0.2) is 74.2 Å². The highest BCUT2D eigenvalue weighted by molar-refractivity contribution is 7.86. The smallest absolute Gasteiger partial charge is 0.282 e. The van der Waals surface area contributed by atoms with E-state index < -0.39 is 10.2 Å². The number of rotatable bonds is 6. The van der Waals surface area contributed by atoms with Crippen molar-refractivity contribution in [2.45, 2.75) is 38.5 Å². The van der Waals surface area contributed by atoms with Crippen LogP contribution in [0.1, 0.15) is 37.7 Å². The first-order valence-corrected chi connectivity index (χ1v) is 11.6. The third-order valence-corrected chi connectivity index (χ3v) is 7.61. The number of hydrogen-bond acceptors (Lipinski definition) is 4. The Kier molecular flexibility index (Phi) is 7.31. The Morgan fingerprint density at radius 1 is 0.929 bits per heavy atom. The van der Waals surface area contributed by atoms with Gasteiger partial charge in [0.1, 0.15) is 5.75 Å². The third-order valence-electron chi connectivity index (χ3n) is 5.58. The van der Waals surface area contributed by atoms with Crippen LogP contribution in [0.15, 0.2) is 24.3 Å². The highest BCUT2D eigenvalue weighted by atomic mass is 32.2. The number of amides is 1. The zero-order chi connectivity index (χ0) is 20.0. The molecule has 1 amide bonds. The molecule has 1 aromatic carbocycles. The Labute approximate surface area is 168 Å². The molecule has 2 aliphatic heterocycles. The molecule has 0 radical (unpaired) electrons. The molecule has 7 nitrogen and oxygen atoms in total. The van der Waals surface area contributed by atoms with Gasteiger partial charge in [0.05, 0.1) is 7.11 Å². The second-order valence-electron chi connectivity index (χ2n) is 7.41. The molecule has 2 aliphatic rings. The number of ether oxygens (including phenoxy) is 1. The lowest BCUT2D eigenvalue weighted by Gasteiger charge is -2.31. The Morgan fingerprint density at radius 2 is 1.61 bits per heavy atom. The van der Waals surface area contributed by atoms with Gasteiger partial charge in [-0.05, 0) is 37.3 Å². The molecule has 2 fully saturated rings. The molecule has 1 aromatic rings. The van der Waals surface area contributed by atoms with Gasteiger partial charge in [0.25, 0.3) is 10.2 Å². The summed E-state index contributed by atoms with van der Waals surface area (Å²) >= 11 is 0. The fourth-order valence-electron chi connectivity index (χ4n) is 3.94. The molecule has 3 rings (SSSR count). The molecule has 0 bridgehead atoms. The third kappa shape index (κ3) is 5.04. The summed E-state index contributed by atoms with van der Waals surface area (Å²) in [6.07, 6.45) is 4.66. The molecule has 2 saturated heterocycles. The molecular weight excluding hydrogens is 378 g/mol. The lowest BCUT2D eigenvalue weighted by Crippen LogP contribution is -2.47. The Morgan fingerprint density at radius 3 is 2.36 bits per heavy atom. The van der Waals surface area contributed by atoms with Crippen LogP contribution >= 0.6 is 0 Å². The van der Waals surface area contributed by atoms with Gasteiger partial charge in [-0.2, -0.15) is 17.0 Å². The minimum Gasteiger partial charge on any atom is -0.496 e. The molecule has 0 aromatic heterocycles. The minimum absolute atomic E-state index is 0.0723. The summed E-state index contributed by atoms with van der Waals surface area (Å²) in [5.41, 5.74) is 1.02. The molecule has 8 heteroatoms. The van der Waals surface area contributed by atoms with Gasteiger partial charge >= 0.3 is 0 Å². The first-order valence-electron chi connectivity index (χ1n) is 10.2. The van der Waals surface area contributed by atoms with Crippen molar-refractivity contribution in [2.24, 2.45) is 0 Å². The maximum atomic E-state index is 12.9. The predicted octanol–water partition coefficient (Wildman–Crippen LogP) is 1.89. The van der Waals surface area contributed by atoms with Crippen molar-refractivity contribution in [1.82, 2.24) is 13.5 Å². The standard InChI is InChI=1S/C20H31N3O4S/c1-27-19-9-4-3-8-18(19)10-11-20(24)21-12-7-15-23(17-16-21)28(25,26)22-13-5-2-6-14-22/h3-4,8-9H,2,5-7,10-17H2,1H3. The molecule has 0 spiro atoms. The molecule has 0 saturated carbocycles. The van der Waals surface area contributed by atoms with E-state index in [1.807, 2.05) is 24.3 Å². The van der Waals surface area contributed by atoms with Gasteiger partial charge in [0.15, 0.2) is 0 Å². The van der Waals surface area contributed by atoms with Crippen molar-refractivity contribution in [2.75, 3.05) is 46.4 Å². The van der Waals surface area contributed by atoms with Gasteiger partial charge in [-0.25, -0.2) is 0 Å². The monoisotopic (exact) mass is 409 g/mol. The van der Waals surface area contributed by atoms with E-state index in [1.165, 1.54) is 0 Å². The van der Waals surface area contributed by atoms with E-state index in [9.17, 15) is 13.2 Å². The maximum absolute atomic E-state index is 12.9. The number of carbonyl (C=O) groups excluding carboxylic acids is 1. The summed E-state index contributed by atoms with van der Waals surface area (Å²) in [5, 5.41) is 0. The van der Waals surface area contributed by atoms with Crippen molar-refractivity contribution in [3.8, 4) is 5.75 Å². The van der Waals surface area contributed by atoms with Crippen molar-refractivity contribution >= 4 is 16.1 Å². The van der Waals surface area contributed by atoms with E-state index in [0.29, 0.717) is 58.5 Å². The van der Waals surface area contributed by atoms with Crippen LogP contribution in [-0.2, 0) is 21.4 Å². The highest BCUT2D eigenvalue weighted by Crippen LogP contribution is 2.21. The molecule has 0 unspecified atom stereocenters. The van der Waals surface area contributed by atoms with E-state index in [-0.39, 0.29) is 5.91 Å². The Bertz CT molecular complexity index is 762. The van der Waals surface area contributed by atoms with Gasteiger partial charge in [-0.3, -0.25) is 4.79 Å². The van der Waals surface area contributed by atoms with Crippen LogP contribution in [0.2, 0.25) is 0 Å². The fraction of sp³-hybridized carbons (Fsp3) is 0.650. The van der Waals surface area contributed by atoms with Crippen LogP contribution < -0.4 is 4.74 Å². The zero-order valence-electron chi connectivity index (χ0n) is 16.7. The lowest BCUT2D eigenvalue weighted by atomic mass is 10.1. The topological polar surface area (TPSA) is 70.2 Å². The normalized spacial score (nSPS) is 20.0. The van der Waals surface area contributed by atoms with Crippen molar-refractivity contribution < 1.29 is 17.9 Å². The van der Waals surface area contributed by atoms with Gasteiger partial charge in [0, 0.05) is 45.7 Å². The second kappa shape index (κ2) is 9.71. The molecule has 0 aliphatic carbocycles. The van der Waals surface area contributed by atoms with Crippen LogP contribution in [0.4, 0.5) is 0 Å². The number of benzene rings is 1. The molecule has 0 atom stereocenters. The zero-order valence-corrected chi connectivity index (χ0v) is 17.5. The van der Waals surface area contributed by atoms with Crippen molar-refractivity contribution in [1.29, 1.82) is 0 Å². The molecule has 2 heterocycles. The number of aryl methyl sites for hydroxylation is 1. The van der Waals surface area contributed by atoms with Crippen LogP contribution in [0.3, 0.4) is 0 Å². The minimum atomic E-state index is -3.41. The predicted molar refractivity (Wildman–Crippen MR) is 108 cm³/mol. The Hall–Kier alpha value is -1.64. The lowest BCUT2D eigenvalue weighted by molar-refractivity contribution is -0.131. The summed E-state index contributed by atoms with van der Waals surface area (Å²) in [7, 11) is -1.78. The van der Waals surface area contributed by atoms with Gasteiger partial charge in [-0.1, -0.05) is 24.6 Å². The summed E-state index contributed by atoms with van der Waals surface area (Å²) in [6, 6.07) is 7.73. The summed E-state index contributed by atoms with van der Waals surface area (Å²) in [4.78, 5) is 14.5. The summed E-state index contributed by atoms with van der Waals surface area (Å²) in [5.74, 6) is 0.869. The second-order valence-corrected chi connectivity index (χ2v) is 9.34.